The van der Waals surface area contributed by atoms with Gasteiger partial charge in [-0.3, -0.25) is 24.5 Å². The molecule has 1 aliphatic carbocycles. The predicted octanol–water partition coefficient (Wildman–Crippen LogP) is 3.49. The fourth-order valence-electron chi connectivity index (χ4n) is 4.74. The van der Waals surface area contributed by atoms with Crippen LogP contribution in [0.3, 0.4) is 0 Å². The van der Waals surface area contributed by atoms with Crippen LogP contribution in [0.1, 0.15) is 49.5 Å². The number of carboxylic acid groups (broad SMARTS) is 2. The zero-order chi connectivity index (χ0) is 27.5. The van der Waals surface area contributed by atoms with Gasteiger partial charge in [0.1, 0.15) is 6.04 Å². The number of aliphatic carboxylic acids is 2. The lowest BCUT2D eigenvalue weighted by Crippen LogP contribution is -2.49. The van der Waals surface area contributed by atoms with E-state index in [1.807, 2.05) is 0 Å². The molecule has 37 heavy (non-hydrogen) atoms. The number of nitrogens with one attached hydrogen (secondary N) is 2. The van der Waals surface area contributed by atoms with Crippen LogP contribution in [0.4, 0.5) is 11.4 Å². The summed E-state index contributed by atoms with van der Waals surface area (Å²) in [7, 11) is 0. The summed E-state index contributed by atoms with van der Waals surface area (Å²) in [6.07, 6.45) is 0.630. The van der Waals surface area contributed by atoms with Crippen molar-refractivity contribution in [3.8, 4) is 0 Å². The summed E-state index contributed by atoms with van der Waals surface area (Å²) < 4.78 is 0. The van der Waals surface area contributed by atoms with Crippen LogP contribution >= 0.6 is 0 Å². The lowest BCUT2D eigenvalue weighted by atomic mass is 9.65. The van der Waals surface area contributed by atoms with Crippen molar-refractivity contribution in [3.05, 3.63) is 69.8 Å². The smallest absolute Gasteiger partial charge is 0.326 e. The Balaban J connectivity index is 1.66. The molecule has 0 saturated heterocycles. The van der Waals surface area contributed by atoms with Crippen LogP contribution in [0.5, 0.6) is 0 Å². The van der Waals surface area contributed by atoms with Crippen molar-refractivity contribution in [3.63, 3.8) is 0 Å². The second kappa shape index (κ2) is 10.4. The highest BCUT2D eigenvalue weighted by atomic mass is 16.6. The Morgan fingerprint density at radius 2 is 1.73 bits per heavy atom. The lowest BCUT2D eigenvalue weighted by molar-refractivity contribution is -0.384. The Morgan fingerprint density at radius 1 is 1.08 bits per heavy atom. The van der Waals surface area contributed by atoms with Crippen molar-refractivity contribution < 1.29 is 34.3 Å². The molecule has 0 unspecified atom stereocenters. The van der Waals surface area contributed by atoms with E-state index in [2.05, 4.69) is 10.6 Å². The van der Waals surface area contributed by atoms with Gasteiger partial charge in [-0.25, -0.2) is 4.79 Å². The second-order valence-electron chi connectivity index (χ2n) is 10.0. The van der Waals surface area contributed by atoms with E-state index < -0.39 is 51.5 Å². The number of nitro benzene ring substituents is 1. The maximum atomic E-state index is 13.0. The number of rotatable bonds is 9. The number of non-ortho nitro benzene ring substituents is 1. The van der Waals surface area contributed by atoms with E-state index in [-0.39, 0.29) is 17.7 Å². The Morgan fingerprint density at radius 3 is 2.27 bits per heavy atom. The van der Waals surface area contributed by atoms with Crippen molar-refractivity contribution >= 4 is 35.1 Å². The monoisotopic (exact) mass is 511 g/mol. The number of carbonyl (C=O) groups excluding carboxylic acids is 2. The standard InChI is InChI=1S/C26H29N3O8/c1-25(2)19(11-12-26(25,3)24(34)35)22(31)28-20(23(32)33)13-15-7-9-17(10-8-15)27-21(30)16-5-4-6-18(14-16)29(36)37/h4-10,14,19-20H,11-13H2,1-3H3,(H,27,30)(H,28,31)(H,32,33)(H,34,35)/t19-,20+,26+/m1/s1. The van der Waals surface area contributed by atoms with Crippen LogP contribution in [-0.4, -0.2) is 44.9 Å². The average Bonchev–Trinajstić information content (AvgIpc) is 3.09. The summed E-state index contributed by atoms with van der Waals surface area (Å²) in [5.74, 6) is -3.90. The van der Waals surface area contributed by atoms with E-state index in [9.17, 15) is 39.5 Å². The molecule has 0 aromatic heterocycles. The highest BCUT2D eigenvalue weighted by Crippen LogP contribution is 2.56. The van der Waals surface area contributed by atoms with E-state index in [4.69, 9.17) is 0 Å². The maximum Gasteiger partial charge on any atom is 0.326 e. The van der Waals surface area contributed by atoms with Gasteiger partial charge < -0.3 is 20.8 Å². The van der Waals surface area contributed by atoms with Gasteiger partial charge in [0.2, 0.25) is 5.91 Å². The first kappa shape index (κ1) is 27.3. The van der Waals surface area contributed by atoms with Crippen LogP contribution in [0.15, 0.2) is 48.5 Å². The third kappa shape index (κ3) is 5.60. The molecule has 2 aromatic carbocycles. The molecule has 11 heteroatoms. The number of benzene rings is 2. The van der Waals surface area contributed by atoms with Crippen LogP contribution in [0.25, 0.3) is 0 Å². The molecule has 1 fully saturated rings. The summed E-state index contributed by atoms with van der Waals surface area (Å²) in [4.78, 5) is 59.4. The molecule has 1 aliphatic rings. The summed E-state index contributed by atoms with van der Waals surface area (Å²) in [6.45, 7) is 5.04. The quantitative estimate of drug-likeness (QED) is 0.292. The molecule has 1 saturated carbocycles. The van der Waals surface area contributed by atoms with E-state index in [0.29, 0.717) is 24.1 Å². The van der Waals surface area contributed by atoms with Gasteiger partial charge >= 0.3 is 11.9 Å². The highest BCUT2D eigenvalue weighted by Gasteiger charge is 2.58. The molecular formula is C26H29N3O8. The Kier molecular flexibility index (Phi) is 7.66. The van der Waals surface area contributed by atoms with Gasteiger partial charge in [0, 0.05) is 35.7 Å². The molecule has 0 aliphatic heterocycles. The van der Waals surface area contributed by atoms with Crippen molar-refractivity contribution in [1.29, 1.82) is 0 Å². The molecule has 3 atom stereocenters. The normalized spacial score (nSPS) is 21.0. The number of nitro groups is 1. The van der Waals surface area contributed by atoms with Crippen LogP contribution < -0.4 is 10.6 Å². The first-order chi connectivity index (χ1) is 17.3. The Bertz CT molecular complexity index is 1240. The van der Waals surface area contributed by atoms with Crippen molar-refractivity contribution in [1.82, 2.24) is 5.32 Å². The number of amides is 2. The van der Waals surface area contributed by atoms with Gasteiger partial charge in [-0.05, 0) is 48.9 Å². The summed E-state index contributed by atoms with van der Waals surface area (Å²) in [5.41, 5.74) is -1.08. The third-order valence-electron chi connectivity index (χ3n) is 7.60. The number of nitrogens with zero attached hydrogens (tertiary/aromatic N) is 1. The van der Waals surface area contributed by atoms with Gasteiger partial charge in [-0.1, -0.05) is 32.0 Å². The molecular weight excluding hydrogens is 482 g/mol. The molecule has 0 radical (unpaired) electrons. The van der Waals surface area contributed by atoms with Gasteiger partial charge in [-0.15, -0.1) is 0 Å². The topological polar surface area (TPSA) is 176 Å². The molecule has 2 amide bonds. The average molecular weight is 512 g/mol. The molecule has 0 heterocycles. The minimum absolute atomic E-state index is 0.0243. The van der Waals surface area contributed by atoms with E-state index in [1.54, 1.807) is 45.0 Å². The summed E-state index contributed by atoms with van der Waals surface area (Å²) in [6, 6.07) is 10.4. The van der Waals surface area contributed by atoms with E-state index >= 15 is 0 Å². The summed E-state index contributed by atoms with van der Waals surface area (Å²) >= 11 is 0. The number of anilines is 1. The molecule has 2 aromatic rings. The van der Waals surface area contributed by atoms with Crippen LogP contribution in [0.2, 0.25) is 0 Å². The molecule has 0 spiro atoms. The molecule has 196 valence electrons. The van der Waals surface area contributed by atoms with Crippen LogP contribution in [0, 0.1) is 26.9 Å². The molecule has 4 N–H and O–H groups in total. The van der Waals surface area contributed by atoms with Gasteiger partial charge in [-0.2, -0.15) is 0 Å². The second-order valence-corrected chi connectivity index (χ2v) is 10.0. The Labute approximate surface area is 213 Å². The number of carboxylic acids is 2. The number of hydrogen-bond acceptors (Lipinski definition) is 6. The first-order valence-electron chi connectivity index (χ1n) is 11.7. The van der Waals surface area contributed by atoms with Gasteiger partial charge in [0.05, 0.1) is 10.3 Å². The zero-order valence-electron chi connectivity index (χ0n) is 20.7. The predicted molar refractivity (Wildman–Crippen MR) is 133 cm³/mol. The molecule has 11 nitrogen and oxygen atoms in total. The lowest BCUT2D eigenvalue weighted by Gasteiger charge is -2.38. The minimum Gasteiger partial charge on any atom is -0.481 e. The molecule has 3 rings (SSSR count). The minimum atomic E-state index is -1.23. The fourth-order valence-corrected chi connectivity index (χ4v) is 4.74. The van der Waals surface area contributed by atoms with Crippen molar-refractivity contribution in [2.45, 2.75) is 46.1 Å². The molecule has 0 bridgehead atoms. The fraction of sp³-hybridized carbons (Fsp3) is 0.385. The van der Waals surface area contributed by atoms with Crippen molar-refractivity contribution in [2.75, 3.05) is 5.32 Å². The third-order valence-corrected chi connectivity index (χ3v) is 7.60. The Hall–Kier alpha value is -4.28. The summed E-state index contributed by atoms with van der Waals surface area (Å²) in [5, 5.41) is 35.5. The van der Waals surface area contributed by atoms with Gasteiger partial charge in [0.15, 0.2) is 0 Å². The highest BCUT2D eigenvalue weighted by molar-refractivity contribution is 6.04. The number of hydrogen-bond donors (Lipinski definition) is 4. The van der Waals surface area contributed by atoms with Crippen LogP contribution in [-0.2, 0) is 20.8 Å². The van der Waals surface area contributed by atoms with Crippen molar-refractivity contribution in [2.24, 2.45) is 16.7 Å². The largest absolute Gasteiger partial charge is 0.481 e. The number of carbonyl (C=O) groups is 4. The van der Waals surface area contributed by atoms with Gasteiger partial charge in [0.25, 0.3) is 11.6 Å². The first-order valence-corrected chi connectivity index (χ1v) is 11.7. The zero-order valence-corrected chi connectivity index (χ0v) is 20.7. The maximum absolute atomic E-state index is 13.0. The van der Waals surface area contributed by atoms with E-state index in [0.717, 1.165) is 6.07 Å². The SMILES string of the molecule is CC1(C)[C@@H](C(=O)N[C@@H](Cc2ccc(NC(=O)c3cccc([N+](=O)[O-])c3)cc2)C(=O)O)CC[C@@]1(C)C(=O)O. The van der Waals surface area contributed by atoms with E-state index in [1.165, 1.54) is 18.2 Å².